The monoisotopic (exact) mass is 416 g/mol. The van der Waals surface area contributed by atoms with Crippen LogP contribution in [0.15, 0.2) is 30.5 Å². The van der Waals surface area contributed by atoms with Gasteiger partial charge in [0.05, 0.1) is 10.6 Å². The topological polar surface area (TPSA) is 59.8 Å². The van der Waals surface area contributed by atoms with Crippen molar-refractivity contribution >= 4 is 22.4 Å². The van der Waals surface area contributed by atoms with Crippen molar-refractivity contribution in [1.29, 1.82) is 0 Å². The molecule has 0 spiro atoms. The van der Waals surface area contributed by atoms with Crippen molar-refractivity contribution in [2.45, 2.75) is 26.1 Å². The van der Waals surface area contributed by atoms with E-state index in [0.717, 1.165) is 35.6 Å². The maximum Gasteiger partial charge on any atom is 0.435 e. The molecular weight excluding hydrogens is 403 g/mol. The minimum absolute atomic E-state index is 0.0206. The third-order valence-electron chi connectivity index (χ3n) is 3.68. The molecule has 0 saturated heterocycles. The molecular formula is C17H13F5N4OS. The van der Waals surface area contributed by atoms with Crippen molar-refractivity contribution < 1.29 is 26.7 Å². The van der Waals surface area contributed by atoms with E-state index in [4.69, 9.17) is 0 Å². The highest BCUT2D eigenvalue weighted by Crippen LogP contribution is 2.36. The first-order valence-electron chi connectivity index (χ1n) is 7.96. The van der Waals surface area contributed by atoms with Crippen LogP contribution in [0.2, 0.25) is 0 Å². The number of anilines is 1. The summed E-state index contributed by atoms with van der Waals surface area (Å²) >= 11 is 0.860. The predicted octanol–water partition coefficient (Wildman–Crippen LogP) is 5.14. The van der Waals surface area contributed by atoms with Crippen LogP contribution in [0.1, 0.15) is 35.9 Å². The first kappa shape index (κ1) is 19.9. The molecule has 1 amide bonds. The number of aromatic nitrogens is 3. The zero-order valence-corrected chi connectivity index (χ0v) is 15.3. The van der Waals surface area contributed by atoms with Crippen LogP contribution in [0.5, 0.6) is 0 Å². The zero-order chi connectivity index (χ0) is 20.6. The number of nitrogens with one attached hydrogen (secondary N) is 1. The van der Waals surface area contributed by atoms with Crippen molar-refractivity contribution in [3.63, 3.8) is 0 Å². The Labute approximate surface area is 159 Å². The summed E-state index contributed by atoms with van der Waals surface area (Å²) in [5.41, 5.74) is -1.66. The van der Waals surface area contributed by atoms with Gasteiger partial charge >= 0.3 is 6.18 Å². The lowest BCUT2D eigenvalue weighted by Gasteiger charge is -2.09. The van der Waals surface area contributed by atoms with Crippen molar-refractivity contribution in [2.75, 3.05) is 5.32 Å². The molecule has 2 heterocycles. The van der Waals surface area contributed by atoms with E-state index in [1.165, 1.54) is 10.9 Å². The minimum atomic E-state index is -4.61. The van der Waals surface area contributed by atoms with Crippen LogP contribution >= 0.6 is 11.3 Å². The highest BCUT2D eigenvalue weighted by atomic mass is 32.1. The van der Waals surface area contributed by atoms with Gasteiger partial charge in [-0.15, -0.1) is 0 Å². The van der Waals surface area contributed by atoms with Gasteiger partial charge in [-0.05, 0) is 32.0 Å². The lowest BCUT2D eigenvalue weighted by atomic mass is 10.2. The summed E-state index contributed by atoms with van der Waals surface area (Å²) in [6.45, 7) is 3.34. The Bertz CT molecular complexity index is 1000. The molecule has 1 N–H and O–H groups in total. The molecule has 0 atom stereocenters. The third kappa shape index (κ3) is 3.88. The lowest BCUT2D eigenvalue weighted by Crippen LogP contribution is -2.15. The molecule has 148 valence electrons. The maximum atomic E-state index is 13.7. The fourth-order valence-corrected chi connectivity index (χ4v) is 3.26. The smallest absolute Gasteiger partial charge is 0.298 e. The van der Waals surface area contributed by atoms with Gasteiger partial charge in [0, 0.05) is 12.2 Å². The second-order valence-electron chi connectivity index (χ2n) is 6.03. The first-order valence-corrected chi connectivity index (χ1v) is 8.78. The van der Waals surface area contributed by atoms with Gasteiger partial charge in [0.1, 0.15) is 17.2 Å². The molecule has 28 heavy (non-hydrogen) atoms. The normalized spacial score (nSPS) is 11.9. The van der Waals surface area contributed by atoms with Crippen molar-refractivity contribution in [3.05, 3.63) is 53.4 Å². The van der Waals surface area contributed by atoms with Crippen molar-refractivity contribution in [1.82, 2.24) is 14.8 Å². The SMILES string of the molecule is CC(C)n1nc(C(F)(F)F)cc1-c1cnc(NC(=O)c2c(F)cccc2F)s1. The molecule has 2 aromatic heterocycles. The van der Waals surface area contributed by atoms with E-state index in [9.17, 15) is 26.7 Å². The number of carbonyl (C=O) groups excluding carboxylic acids is 1. The average Bonchev–Trinajstić information content (AvgIpc) is 3.20. The van der Waals surface area contributed by atoms with Crippen LogP contribution in [0.25, 0.3) is 10.6 Å². The van der Waals surface area contributed by atoms with E-state index in [1.54, 1.807) is 13.8 Å². The molecule has 3 rings (SSSR count). The van der Waals surface area contributed by atoms with Gasteiger partial charge in [0.2, 0.25) is 0 Å². The number of carbonyl (C=O) groups is 1. The third-order valence-corrected chi connectivity index (χ3v) is 4.62. The second-order valence-corrected chi connectivity index (χ2v) is 7.06. The van der Waals surface area contributed by atoms with Crippen LogP contribution in [-0.4, -0.2) is 20.7 Å². The summed E-state index contributed by atoms with van der Waals surface area (Å²) in [6.07, 6.45) is -3.35. The van der Waals surface area contributed by atoms with Gasteiger partial charge in [-0.2, -0.15) is 18.3 Å². The van der Waals surface area contributed by atoms with E-state index in [0.29, 0.717) is 4.88 Å². The number of alkyl halides is 3. The number of nitrogens with zero attached hydrogens (tertiary/aromatic N) is 3. The predicted molar refractivity (Wildman–Crippen MR) is 93.0 cm³/mol. The highest BCUT2D eigenvalue weighted by molar-refractivity contribution is 7.19. The van der Waals surface area contributed by atoms with Gasteiger partial charge in [-0.25, -0.2) is 13.8 Å². The minimum Gasteiger partial charge on any atom is -0.298 e. The molecule has 0 aliphatic heterocycles. The summed E-state index contributed by atoms with van der Waals surface area (Å²) in [7, 11) is 0. The summed E-state index contributed by atoms with van der Waals surface area (Å²) in [5, 5.41) is 5.81. The van der Waals surface area contributed by atoms with Crippen LogP contribution in [0.4, 0.5) is 27.1 Å². The Kier molecular flexibility index (Phi) is 5.20. The fraction of sp³-hybridized carbons (Fsp3) is 0.235. The fourth-order valence-electron chi connectivity index (χ4n) is 2.44. The Balaban J connectivity index is 1.91. The molecule has 0 fully saturated rings. The molecule has 0 saturated carbocycles. The Morgan fingerprint density at radius 3 is 2.43 bits per heavy atom. The molecule has 0 bridgehead atoms. The van der Waals surface area contributed by atoms with E-state index < -0.39 is 35.0 Å². The summed E-state index contributed by atoms with van der Waals surface area (Å²) in [5.74, 6) is -3.13. The summed E-state index contributed by atoms with van der Waals surface area (Å²) < 4.78 is 67.5. The van der Waals surface area contributed by atoms with Crippen molar-refractivity contribution in [2.24, 2.45) is 0 Å². The van der Waals surface area contributed by atoms with Gasteiger partial charge in [-0.1, -0.05) is 17.4 Å². The maximum absolute atomic E-state index is 13.7. The highest BCUT2D eigenvalue weighted by Gasteiger charge is 2.35. The molecule has 0 aliphatic rings. The van der Waals surface area contributed by atoms with Gasteiger partial charge < -0.3 is 0 Å². The number of thiazole rings is 1. The quantitative estimate of drug-likeness (QED) is 0.600. The van der Waals surface area contributed by atoms with Crippen LogP contribution in [0.3, 0.4) is 0 Å². The van der Waals surface area contributed by atoms with Crippen LogP contribution < -0.4 is 5.32 Å². The molecule has 1 aromatic carbocycles. The number of amides is 1. The number of halogens is 5. The number of hydrogen-bond acceptors (Lipinski definition) is 4. The second kappa shape index (κ2) is 7.30. The molecule has 5 nitrogen and oxygen atoms in total. The standard InChI is InChI=1S/C17H13F5N4OS/c1-8(2)26-11(6-13(25-26)17(20,21)22)12-7-23-16(28-12)24-15(27)14-9(18)4-3-5-10(14)19/h3-8H,1-2H3,(H,23,24,27). The van der Waals surface area contributed by atoms with Gasteiger partial charge in [0.25, 0.3) is 5.91 Å². The van der Waals surface area contributed by atoms with Crippen LogP contribution in [-0.2, 0) is 6.18 Å². The molecule has 11 heteroatoms. The number of rotatable bonds is 4. The first-order chi connectivity index (χ1) is 13.1. The Hall–Kier alpha value is -2.82. The van der Waals surface area contributed by atoms with Crippen molar-refractivity contribution in [3.8, 4) is 10.6 Å². The average molecular weight is 416 g/mol. The van der Waals surface area contributed by atoms with E-state index >= 15 is 0 Å². The molecule has 3 aromatic rings. The number of hydrogen-bond donors (Lipinski definition) is 1. The largest absolute Gasteiger partial charge is 0.435 e. The zero-order valence-electron chi connectivity index (χ0n) is 14.5. The molecule has 0 radical (unpaired) electrons. The molecule has 0 unspecified atom stereocenters. The Morgan fingerprint density at radius 1 is 1.21 bits per heavy atom. The number of benzene rings is 1. The summed E-state index contributed by atoms with van der Waals surface area (Å²) in [6, 6.07) is 3.51. The molecule has 0 aliphatic carbocycles. The Morgan fingerprint density at radius 2 is 1.86 bits per heavy atom. The van der Waals surface area contributed by atoms with E-state index in [2.05, 4.69) is 15.4 Å². The lowest BCUT2D eigenvalue weighted by molar-refractivity contribution is -0.141. The van der Waals surface area contributed by atoms with Crippen LogP contribution in [0, 0.1) is 11.6 Å². The van der Waals surface area contributed by atoms with Gasteiger partial charge in [-0.3, -0.25) is 14.8 Å². The van der Waals surface area contributed by atoms with E-state index in [1.807, 2.05) is 0 Å². The van der Waals surface area contributed by atoms with E-state index in [-0.39, 0.29) is 16.9 Å². The van der Waals surface area contributed by atoms with Gasteiger partial charge in [0.15, 0.2) is 10.8 Å². The summed E-state index contributed by atoms with van der Waals surface area (Å²) in [4.78, 5) is 16.3.